The summed E-state index contributed by atoms with van der Waals surface area (Å²) in [4.78, 5) is 29.2. The number of halogens is 3. The SMILES string of the molecule is CN(CC(=O)Nc1ccc(F)cc1)C(=O)c1cccnc1SC(F)F. The molecule has 2 aromatic rings. The van der Waals surface area contributed by atoms with Crippen molar-refractivity contribution < 1.29 is 22.8 Å². The molecule has 0 aliphatic carbocycles. The summed E-state index contributed by atoms with van der Waals surface area (Å²) in [5.74, 6) is -4.26. The van der Waals surface area contributed by atoms with Crippen LogP contribution in [-0.4, -0.2) is 41.0 Å². The monoisotopic (exact) mass is 369 g/mol. The van der Waals surface area contributed by atoms with Crippen molar-refractivity contribution in [3.8, 4) is 0 Å². The maximum absolute atomic E-state index is 12.8. The highest BCUT2D eigenvalue weighted by Gasteiger charge is 2.21. The Hall–Kier alpha value is -2.55. The summed E-state index contributed by atoms with van der Waals surface area (Å²) >= 11 is 0.166. The van der Waals surface area contributed by atoms with E-state index in [1.807, 2.05) is 0 Å². The van der Waals surface area contributed by atoms with Crippen LogP contribution in [0.1, 0.15) is 10.4 Å². The van der Waals surface area contributed by atoms with Crippen molar-refractivity contribution in [3.63, 3.8) is 0 Å². The number of rotatable bonds is 6. The number of hydrogen-bond acceptors (Lipinski definition) is 4. The van der Waals surface area contributed by atoms with Gasteiger partial charge in [0.2, 0.25) is 5.91 Å². The standard InChI is InChI=1S/C16H14F3N3O2S/c1-22(9-13(23)21-11-6-4-10(17)5-7-11)15(24)12-3-2-8-20-14(12)25-16(18)19/h2-8,16H,9H2,1H3,(H,21,23). The molecule has 9 heteroatoms. The molecule has 0 saturated carbocycles. The molecule has 0 atom stereocenters. The zero-order valence-electron chi connectivity index (χ0n) is 13.1. The van der Waals surface area contributed by atoms with E-state index in [0.29, 0.717) is 5.69 Å². The number of carbonyl (C=O) groups is 2. The lowest BCUT2D eigenvalue weighted by Crippen LogP contribution is -2.35. The Balaban J connectivity index is 2.02. The largest absolute Gasteiger partial charge is 0.332 e. The molecule has 0 fully saturated rings. The van der Waals surface area contributed by atoms with E-state index < -0.39 is 23.4 Å². The van der Waals surface area contributed by atoms with E-state index >= 15 is 0 Å². The van der Waals surface area contributed by atoms with Gasteiger partial charge in [0.15, 0.2) is 0 Å². The van der Waals surface area contributed by atoms with Crippen molar-refractivity contribution in [1.82, 2.24) is 9.88 Å². The molecule has 25 heavy (non-hydrogen) atoms. The number of pyridine rings is 1. The Bertz CT molecular complexity index is 757. The minimum absolute atomic E-state index is 0.00937. The molecule has 0 saturated heterocycles. The number of hydrogen-bond donors (Lipinski definition) is 1. The first-order valence-corrected chi connectivity index (χ1v) is 7.95. The topological polar surface area (TPSA) is 62.3 Å². The lowest BCUT2D eigenvalue weighted by atomic mass is 10.2. The molecule has 1 heterocycles. The number of anilines is 1. The molecule has 0 bridgehead atoms. The molecule has 0 radical (unpaired) electrons. The second kappa shape index (κ2) is 8.52. The number of benzene rings is 1. The number of thioether (sulfide) groups is 1. The van der Waals surface area contributed by atoms with Gasteiger partial charge in [-0.05, 0) is 48.2 Å². The molecule has 0 unspecified atom stereocenters. The maximum atomic E-state index is 12.8. The second-order valence-electron chi connectivity index (χ2n) is 4.95. The van der Waals surface area contributed by atoms with Gasteiger partial charge in [-0.15, -0.1) is 0 Å². The third kappa shape index (κ3) is 5.49. The predicted octanol–water partition coefficient (Wildman–Crippen LogP) is 3.25. The Morgan fingerprint density at radius 2 is 1.92 bits per heavy atom. The quantitative estimate of drug-likeness (QED) is 0.794. The molecule has 1 aromatic carbocycles. The highest BCUT2D eigenvalue weighted by atomic mass is 32.2. The summed E-state index contributed by atoms with van der Waals surface area (Å²) in [5.41, 5.74) is 0.368. The van der Waals surface area contributed by atoms with Gasteiger partial charge in [-0.3, -0.25) is 9.59 Å². The van der Waals surface area contributed by atoms with Gasteiger partial charge in [-0.25, -0.2) is 9.37 Å². The van der Waals surface area contributed by atoms with Crippen LogP contribution in [0.2, 0.25) is 0 Å². The first kappa shape index (κ1) is 18.8. The first-order chi connectivity index (χ1) is 11.9. The van der Waals surface area contributed by atoms with Crippen molar-refractivity contribution in [2.75, 3.05) is 18.9 Å². The van der Waals surface area contributed by atoms with Crippen LogP contribution in [0.15, 0.2) is 47.6 Å². The normalized spacial score (nSPS) is 10.6. The van der Waals surface area contributed by atoms with Gasteiger partial charge in [0, 0.05) is 18.9 Å². The summed E-state index contributed by atoms with van der Waals surface area (Å²) in [7, 11) is 1.37. The van der Waals surface area contributed by atoms with E-state index in [0.717, 1.165) is 4.90 Å². The van der Waals surface area contributed by atoms with Gasteiger partial charge < -0.3 is 10.2 Å². The first-order valence-electron chi connectivity index (χ1n) is 7.07. The molecular formula is C16H14F3N3O2S. The lowest BCUT2D eigenvalue weighted by molar-refractivity contribution is -0.116. The molecule has 1 aromatic heterocycles. The fourth-order valence-electron chi connectivity index (χ4n) is 1.96. The van der Waals surface area contributed by atoms with Gasteiger partial charge in [-0.2, -0.15) is 8.78 Å². The Morgan fingerprint density at radius 3 is 2.56 bits per heavy atom. The Kier molecular flexibility index (Phi) is 6.40. The molecule has 2 rings (SSSR count). The summed E-state index contributed by atoms with van der Waals surface area (Å²) < 4.78 is 37.9. The predicted molar refractivity (Wildman–Crippen MR) is 88.1 cm³/mol. The summed E-state index contributed by atoms with van der Waals surface area (Å²) in [6, 6.07) is 7.96. The zero-order valence-corrected chi connectivity index (χ0v) is 13.9. The molecule has 0 aliphatic heterocycles. The molecule has 132 valence electrons. The van der Waals surface area contributed by atoms with Crippen molar-refractivity contribution in [3.05, 3.63) is 54.0 Å². The van der Waals surface area contributed by atoms with Crippen LogP contribution in [0.5, 0.6) is 0 Å². The summed E-state index contributed by atoms with van der Waals surface area (Å²) in [6.07, 6.45) is 1.31. The van der Waals surface area contributed by atoms with E-state index in [2.05, 4.69) is 10.3 Å². The summed E-state index contributed by atoms with van der Waals surface area (Å²) in [5, 5.41) is 2.41. The van der Waals surface area contributed by atoms with E-state index in [4.69, 9.17) is 0 Å². The fourth-order valence-corrected chi connectivity index (χ4v) is 2.53. The number of alkyl halides is 2. The van der Waals surface area contributed by atoms with Crippen LogP contribution in [-0.2, 0) is 4.79 Å². The van der Waals surface area contributed by atoms with Gasteiger partial charge in [-0.1, -0.05) is 0 Å². The minimum atomic E-state index is -2.71. The average Bonchev–Trinajstić information content (AvgIpc) is 2.56. The lowest BCUT2D eigenvalue weighted by Gasteiger charge is -2.18. The molecule has 2 amide bonds. The van der Waals surface area contributed by atoms with Gasteiger partial charge in [0.1, 0.15) is 10.8 Å². The van der Waals surface area contributed by atoms with Crippen molar-refractivity contribution >= 4 is 29.3 Å². The molecule has 0 spiro atoms. The molecule has 5 nitrogen and oxygen atoms in total. The van der Waals surface area contributed by atoms with Crippen LogP contribution in [0.25, 0.3) is 0 Å². The third-order valence-corrected chi connectivity index (χ3v) is 3.78. The van der Waals surface area contributed by atoms with Crippen LogP contribution >= 0.6 is 11.8 Å². The second-order valence-corrected chi connectivity index (χ2v) is 5.93. The van der Waals surface area contributed by atoms with Gasteiger partial charge >= 0.3 is 0 Å². The van der Waals surface area contributed by atoms with Crippen LogP contribution < -0.4 is 5.32 Å². The highest BCUT2D eigenvalue weighted by molar-refractivity contribution is 7.99. The number of nitrogens with zero attached hydrogens (tertiary/aromatic N) is 2. The van der Waals surface area contributed by atoms with E-state index in [1.165, 1.54) is 49.6 Å². The fraction of sp³-hybridized carbons (Fsp3) is 0.188. The number of amides is 2. The zero-order chi connectivity index (χ0) is 18.4. The minimum Gasteiger partial charge on any atom is -0.332 e. The van der Waals surface area contributed by atoms with Crippen LogP contribution in [0.3, 0.4) is 0 Å². The Morgan fingerprint density at radius 1 is 1.24 bits per heavy atom. The van der Waals surface area contributed by atoms with Gasteiger partial charge in [0.25, 0.3) is 11.7 Å². The van der Waals surface area contributed by atoms with E-state index in [9.17, 15) is 22.8 Å². The molecule has 0 aliphatic rings. The van der Waals surface area contributed by atoms with Crippen molar-refractivity contribution in [2.24, 2.45) is 0 Å². The van der Waals surface area contributed by atoms with E-state index in [1.54, 1.807) is 0 Å². The number of aromatic nitrogens is 1. The Labute approximate surface area is 146 Å². The van der Waals surface area contributed by atoms with Crippen LogP contribution in [0.4, 0.5) is 18.9 Å². The third-order valence-electron chi connectivity index (χ3n) is 3.06. The number of carbonyl (C=O) groups excluding carboxylic acids is 2. The van der Waals surface area contributed by atoms with Crippen molar-refractivity contribution in [1.29, 1.82) is 0 Å². The molecule has 1 N–H and O–H groups in total. The average molecular weight is 369 g/mol. The van der Waals surface area contributed by atoms with E-state index in [-0.39, 0.29) is 28.9 Å². The number of nitrogens with one attached hydrogen (secondary N) is 1. The highest BCUT2D eigenvalue weighted by Crippen LogP contribution is 2.26. The maximum Gasteiger partial charge on any atom is 0.290 e. The molecular weight excluding hydrogens is 355 g/mol. The summed E-state index contributed by atoms with van der Waals surface area (Å²) in [6.45, 7) is -0.302. The van der Waals surface area contributed by atoms with Gasteiger partial charge in [0.05, 0.1) is 12.1 Å². The number of likely N-dealkylation sites (N-methyl/N-ethyl adjacent to an activating group) is 1. The van der Waals surface area contributed by atoms with Crippen molar-refractivity contribution in [2.45, 2.75) is 10.8 Å². The smallest absolute Gasteiger partial charge is 0.290 e. The van der Waals surface area contributed by atoms with Crippen LogP contribution in [0, 0.1) is 5.82 Å².